The van der Waals surface area contributed by atoms with Crippen molar-refractivity contribution in [1.82, 2.24) is 5.32 Å². The molecule has 4 N–H and O–H groups in total. The summed E-state index contributed by atoms with van der Waals surface area (Å²) in [6, 6.07) is 0. The molecule has 14 heavy (non-hydrogen) atoms. The van der Waals surface area contributed by atoms with E-state index in [2.05, 4.69) is 5.32 Å². The summed E-state index contributed by atoms with van der Waals surface area (Å²) in [6.07, 6.45) is 3.94. The molecular weight excluding hydrogens is 180 g/mol. The number of nitrogens with one attached hydrogen (secondary N) is 1. The van der Waals surface area contributed by atoms with Crippen LogP contribution in [0.1, 0.15) is 25.7 Å². The van der Waals surface area contributed by atoms with E-state index in [1.165, 1.54) is 12.8 Å². The lowest BCUT2D eigenvalue weighted by Crippen LogP contribution is -2.29. The number of hydrogen-bond acceptors (Lipinski definition) is 3. The Balaban J connectivity index is 2.08. The second-order valence-electron chi connectivity index (χ2n) is 4.05. The van der Waals surface area contributed by atoms with Crippen LogP contribution in [0, 0.1) is 11.8 Å². The molecule has 0 spiro atoms. The predicted molar refractivity (Wildman–Crippen MR) is 54.6 cm³/mol. The van der Waals surface area contributed by atoms with Crippen molar-refractivity contribution in [3.8, 4) is 0 Å². The van der Waals surface area contributed by atoms with Crippen molar-refractivity contribution in [2.75, 3.05) is 19.7 Å². The molecule has 0 radical (unpaired) electrons. The summed E-state index contributed by atoms with van der Waals surface area (Å²) in [4.78, 5) is 10.5. The fraction of sp³-hybridized carbons (Fsp3) is 0.900. The van der Waals surface area contributed by atoms with Crippen molar-refractivity contribution in [3.05, 3.63) is 0 Å². The van der Waals surface area contributed by atoms with Gasteiger partial charge in [0.25, 0.3) is 0 Å². The van der Waals surface area contributed by atoms with E-state index < -0.39 is 0 Å². The predicted octanol–water partition coefficient (Wildman–Crippen LogP) is -0.140. The van der Waals surface area contributed by atoms with Gasteiger partial charge < -0.3 is 16.2 Å². The first kappa shape index (κ1) is 11.5. The van der Waals surface area contributed by atoms with E-state index in [-0.39, 0.29) is 5.91 Å². The van der Waals surface area contributed by atoms with Crippen molar-refractivity contribution in [1.29, 1.82) is 0 Å². The lowest BCUT2D eigenvalue weighted by molar-refractivity contribution is -0.117. The molecule has 0 aromatic rings. The van der Waals surface area contributed by atoms with E-state index in [0.717, 1.165) is 13.0 Å². The van der Waals surface area contributed by atoms with Gasteiger partial charge in [-0.1, -0.05) is 6.42 Å². The Morgan fingerprint density at radius 2 is 2.14 bits per heavy atom. The van der Waals surface area contributed by atoms with Crippen LogP contribution in [-0.2, 0) is 4.79 Å². The van der Waals surface area contributed by atoms with Crippen LogP contribution in [0.15, 0.2) is 0 Å². The highest BCUT2D eigenvalue weighted by molar-refractivity contribution is 5.73. The number of aliphatic hydroxyl groups is 1. The molecule has 1 aliphatic rings. The quantitative estimate of drug-likeness (QED) is 0.522. The Morgan fingerprint density at radius 1 is 1.43 bits per heavy atom. The van der Waals surface area contributed by atoms with E-state index in [1.807, 2.05) is 0 Å². The maximum Gasteiger partial charge on any atom is 0.218 e. The first-order chi connectivity index (χ1) is 6.74. The van der Waals surface area contributed by atoms with Crippen LogP contribution in [0.2, 0.25) is 0 Å². The van der Waals surface area contributed by atoms with E-state index in [1.54, 1.807) is 0 Å². The molecule has 0 aromatic carbocycles. The molecule has 82 valence electrons. The number of carbonyl (C=O) groups is 1. The van der Waals surface area contributed by atoms with Gasteiger partial charge in [0.15, 0.2) is 0 Å². The number of hydrogen-bond donors (Lipinski definition) is 3. The lowest BCUT2D eigenvalue weighted by Gasteiger charge is -2.17. The van der Waals surface area contributed by atoms with Gasteiger partial charge in [0, 0.05) is 19.6 Å². The molecule has 1 saturated carbocycles. The van der Waals surface area contributed by atoms with Gasteiger partial charge in [-0.2, -0.15) is 0 Å². The van der Waals surface area contributed by atoms with Gasteiger partial charge in [-0.3, -0.25) is 4.79 Å². The van der Waals surface area contributed by atoms with E-state index in [9.17, 15) is 4.79 Å². The first-order valence-corrected chi connectivity index (χ1v) is 5.34. The van der Waals surface area contributed by atoms with Crippen molar-refractivity contribution in [2.24, 2.45) is 17.6 Å². The van der Waals surface area contributed by atoms with Crippen LogP contribution in [0.4, 0.5) is 0 Å². The Hall–Kier alpha value is -0.610. The topological polar surface area (TPSA) is 75.4 Å². The zero-order valence-corrected chi connectivity index (χ0v) is 8.54. The molecule has 0 heterocycles. The summed E-state index contributed by atoms with van der Waals surface area (Å²) in [5.41, 5.74) is 5.02. The van der Waals surface area contributed by atoms with Gasteiger partial charge in [0.2, 0.25) is 5.91 Å². The standard InChI is InChI=1S/C10H20N2O2/c11-10(14)4-5-12-6-8-2-1-3-9(8)7-13/h8-9,12-13H,1-7H2,(H2,11,14). The van der Waals surface area contributed by atoms with Gasteiger partial charge in [0.05, 0.1) is 0 Å². The lowest BCUT2D eigenvalue weighted by atomic mass is 9.97. The Morgan fingerprint density at radius 3 is 2.79 bits per heavy atom. The molecule has 4 heteroatoms. The Bertz CT molecular complexity index is 185. The molecule has 2 atom stereocenters. The van der Waals surface area contributed by atoms with E-state index >= 15 is 0 Å². The highest BCUT2D eigenvalue weighted by Gasteiger charge is 2.25. The van der Waals surface area contributed by atoms with Crippen LogP contribution in [0.5, 0.6) is 0 Å². The molecule has 0 bridgehead atoms. The summed E-state index contributed by atoms with van der Waals surface area (Å²) < 4.78 is 0. The highest BCUT2D eigenvalue weighted by atomic mass is 16.3. The fourth-order valence-corrected chi connectivity index (χ4v) is 2.12. The van der Waals surface area contributed by atoms with Gasteiger partial charge in [-0.05, 0) is 31.2 Å². The number of rotatable bonds is 6. The number of amides is 1. The monoisotopic (exact) mass is 200 g/mol. The second-order valence-corrected chi connectivity index (χ2v) is 4.05. The minimum absolute atomic E-state index is 0.261. The summed E-state index contributed by atoms with van der Waals surface area (Å²) in [5, 5.41) is 12.3. The number of aliphatic hydroxyl groups excluding tert-OH is 1. The summed E-state index contributed by atoms with van der Waals surface area (Å²) in [6.45, 7) is 1.85. The minimum Gasteiger partial charge on any atom is -0.396 e. The molecular formula is C10H20N2O2. The van der Waals surface area contributed by atoms with Crippen molar-refractivity contribution < 1.29 is 9.90 Å². The normalized spacial score (nSPS) is 26.6. The van der Waals surface area contributed by atoms with E-state index in [4.69, 9.17) is 10.8 Å². The average molecular weight is 200 g/mol. The molecule has 1 rings (SSSR count). The fourth-order valence-electron chi connectivity index (χ4n) is 2.12. The van der Waals surface area contributed by atoms with E-state index in [0.29, 0.717) is 31.4 Å². The van der Waals surface area contributed by atoms with Crippen molar-refractivity contribution >= 4 is 5.91 Å². The zero-order chi connectivity index (χ0) is 10.4. The van der Waals surface area contributed by atoms with Crippen LogP contribution >= 0.6 is 0 Å². The number of nitrogens with two attached hydrogens (primary N) is 1. The third-order valence-corrected chi connectivity index (χ3v) is 3.01. The maximum atomic E-state index is 10.5. The van der Waals surface area contributed by atoms with Crippen molar-refractivity contribution in [2.45, 2.75) is 25.7 Å². The van der Waals surface area contributed by atoms with Gasteiger partial charge in [-0.25, -0.2) is 0 Å². The van der Waals surface area contributed by atoms with Gasteiger partial charge in [-0.15, -0.1) is 0 Å². The average Bonchev–Trinajstić information content (AvgIpc) is 2.59. The zero-order valence-electron chi connectivity index (χ0n) is 8.54. The van der Waals surface area contributed by atoms with Crippen LogP contribution in [0.25, 0.3) is 0 Å². The second kappa shape index (κ2) is 5.98. The summed E-state index contributed by atoms with van der Waals surface area (Å²) >= 11 is 0. The molecule has 0 aliphatic heterocycles. The Kier molecular flexibility index (Phi) is 4.90. The summed E-state index contributed by atoms with van der Waals surface area (Å²) in [5.74, 6) is 0.770. The van der Waals surface area contributed by atoms with Crippen LogP contribution < -0.4 is 11.1 Å². The largest absolute Gasteiger partial charge is 0.396 e. The number of carbonyl (C=O) groups excluding carboxylic acids is 1. The Labute approximate surface area is 84.9 Å². The molecule has 1 amide bonds. The van der Waals surface area contributed by atoms with Crippen molar-refractivity contribution in [3.63, 3.8) is 0 Å². The van der Waals surface area contributed by atoms with Gasteiger partial charge >= 0.3 is 0 Å². The van der Waals surface area contributed by atoms with Crippen LogP contribution in [-0.4, -0.2) is 30.7 Å². The molecule has 1 fully saturated rings. The highest BCUT2D eigenvalue weighted by Crippen LogP contribution is 2.30. The molecule has 1 aliphatic carbocycles. The molecule has 0 aromatic heterocycles. The smallest absolute Gasteiger partial charge is 0.218 e. The molecule has 2 unspecified atom stereocenters. The minimum atomic E-state index is -0.261. The number of primary amides is 1. The molecule has 0 saturated heterocycles. The van der Waals surface area contributed by atoms with Crippen LogP contribution in [0.3, 0.4) is 0 Å². The third kappa shape index (κ3) is 3.64. The SMILES string of the molecule is NC(=O)CCNCC1CCCC1CO. The summed E-state index contributed by atoms with van der Waals surface area (Å²) in [7, 11) is 0. The third-order valence-electron chi connectivity index (χ3n) is 3.01. The first-order valence-electron chi connectivity index (χ1n) is 5.34. The maximum absolute atomic E-state index is 10.5. The van der Waals surface area contributed by atoms with Gasteiger partial charge in [0.1, 0.15) is 0 Å². The molecule has 4 nitrogen and oxygen atoms in total.